The molecule has 3 rings (SSSR count). The van der Waals surface area contributed by atoms with Crippen LogP contribution in [0.5, 0.6) is 0 Å². The predicted octanol–water partition coefficient (Wildman–Crippen LogP) is 2.46. The lowest BCUT2D eigenvalue weighted by Crippen LogP contribution is -2.34. The Morgan fingerprint density at radius 2 is 2.09 bits per heavy atom. The molecule has 2 aromatic rings. The fourth-order valence-corrected chi connectivity index (χ4v) is 2.45. The summed E-state index contributed by atoms with van der Waals surface area (Å²) in [6.07, 6.45) is 6.30. The number of allylic oxidation sites excluding steroid dienone is 1. The van der Waals surface area contributed by atoms with E-state index in [1.54, 1.807) is 6.07 Å². The molecule has 0 saturated heterocycles. The average molecular weight is 298 g/mol. The highest BCUT2D eigenvalue weighted by molar-refractivity contribution is 6.05. The van der Waals surface area contributed by atoms with Gasteiger partial charge in [0.1, 0.15) is 0 Å². The number of aromatic nitrogens is 1. The van der Waals surface area contributed by atoms with E-state index in [-0.39, 0.29) is 5.92 Å². The van der Waals surface area contributed by atoms with Crippen LogP contribution in [0, 0.1) is 5.92 Å². The molecule has 1 fully saturated rings. The molecule has 6 nitrogen and oxygen atoms in total. The summed E-state index contributed by atoms with van der Waals surface area (Å²) in [5.74, 6) is -0.213. The molecule has 0 bridgehead atoms. The molecule has 0 radical (unpaired) electrons. The van der Waals surface area contributed by atoms with Gasteiger partial charge >= 0.3 is 6.03 Å². The molecule has 6 heteroatoms. The van der Waals surface area contributed by atoms with Crippen molar-refractivity contribution in [3.63, 3.8) is 0 Å². The normalized spacial score (nSPS) is 15.4. The second kappa shape index (κ2) is 5.93. The van der Waals surface area contributed by atoms with Gasteiger partial charge < -0.3 is 16.0 Å². The molecule has 22 heavy (non-hydrogen) atoms. The van der Waals surface area contributed by atoms with E-state index in [1.807, 2.05) is 24.4 Å². The van der Waals surface area contributed by atoms with Crippen LogP contribution in [0.15, 0.2) is 42.2 Å². The first-order chi connectivity index (χ1) is 10.6. The molecule has 1 aliphatic rings. The number of carbonyl (C=O) groups excluding carboxylic acids is 2. The quantitative estimate of drug-likeness (QED) is 0.655. The number of rotatable bonds is 3. The zero-order valence-corrected chi connectivity index (χ0v) is 12.1. The van der Waals surface area contributed by atoms with Crippen molar-refractivity contribution in [1.29, 1.82) is 0 Å². The van der Waals surface area contributed by atoms with Gasteiger partial charge in [-0.2, -0.15) is 0 Å². The zero-order valence-electron chi connectivity index (χ0n) is 12.1. The number of hydrogen-bond donors (Lipinski definition) is 4. The summed E-state index contributed by atoms with van der Waals surface area (Å²) in [5, 5.41) is 5.87. The highest BCUT2D eigenvalue weighted by Gasteiger charge is 2.20. The third-order valence-corrected chi connectivity index (χ3v) is 3.92. The molecule has 5 N–H and O–H groups in total. The Hall–Kier alpha value is -2.76. The molecule has 0 spiro atoms. The second-order valence-electron chi connectivity index (χ2n) is 5.50. The van der Waals surface area contributed by atoms with Gasteiger partial charge in [-0.3, -0.25) is 10.1 Å². The third-order valence-electron chi connectivity index (χ3n) is 3.92. The van der Waals surface area contributed by atoms with Gasteiger partial charge in [0.25, 0.3) is 5.91 Å². The van der Waals surface area contributed by atoms with Crippen LogP contribution in [0.1, 0.15) is 19.3 Å². The number of nitrogens with two attached hydrogens (primary N) is 1. The Kier molecular flexibility index (Phi) is 3.82. The number of imide groups is 1. The Bertz CT molecular complexity index is 743. The highest BCUT2D eigenvalue weighted by atomic mass is 16.2. The van der Waals surface area contributed by atoms with Crippen molar-refractivity contribution in [2.75, 3.05) is 5.32 Å². The SMILES string of the molecule is NC(=CC(=O)NC(=O)Nc1ccc2[nH]ccc2c1)C1CCC1. The summed E-state index contributed by atoms with van der Waals surface area (Å²) < 4.78 is 0. The van der Waals surface area contributed by atoms with Crippen molar-refractivity contribution in [1.82, 2.24) is 10.3 Å². The van der Waals surface area contributed by atoms with Gasteiger partial charge in [0.2, 0.25) is 0 Å². The minimum absolute atomic E-state index is 0.282. The first-order valence-corrected chi connectivity index (χ1v) is 7.28. The Balaban J connectivity index is 1.58. The number of H-pyrrole nitrogens is 1. The van der Waals surface area contributed by atoms with E-state index >= 15 is 0 Å². The van der Waals surface area contributed by atoms with E-state index in [0.717, 1.165) is 30.2 Å². The molecule has 0 unspecified atom stereocenters. The molecule has 114 valence electrons. The fraction of sp³-hybridized carbons (Fsp3) is 0.250. The summed E-state index contributed by atoms with van der Waals surface area (Å²) >= 11 is 0. The number of urea groups is 1. The first-order valence-electron chi connectivity index (χ1n) is 7.28. The lowest BCUT2D eigenvalue weighted by molar-refractivity contribution is -0.115. The summed E-state index contributed by atoms with van der Waals surface area (Å²) in [7, 11) is 0. The summed E-state index contributed by atoms with van der Waals surface area (Å²) in [6.45, 7) is 0. The fourth-order valence-electron chi connectivity index (χ4n) is 2.45. The van der Waals surface area contributed by atoms with E-state index in [1.165, 1.54) is 6.08 Å². The van der Waals surface area contributed by atoms with Crippen molar-refractivity contribution < 1.29 is 9.59 Å². The van der Waals surface area contributed by atoms with Crippen molar-refractivity contribution >= 4 is 28.5 Å². The van der Waals surface area contributed by atoms with Crippen LogP contribution in [0.3, 0.4) is 0 Å². The van der Waals surface area contributed by atoms with E-state index in [0.29, 0.717) is 11.4 Å². The van der Waals surface area contributed by atoms with Crippen molar-refractivity contribution in [3.05, 3.63) is 42.2 Å². The molecule has 1 saturated carbocycles. The molecule has 0 atom stereocenters. The number of anilines is 1. The van der Waals surface area contributed by atoms with Gasteiger partial charge in [0.05, 0.1) is 0 Å². The summed E-state index contributed by atoms with van der Waals surface area (Å²) in [6, 6.07) is 6.79. The molecule has 1 heterocycles. The van der Waals surface area contributed by atoms with Gasteiger partial charge in [0, 0.05) is 34.6 Å². The number of nitrogens with one attached hydrogen (secondary N) is 3. The van der Waals surface area contributed by atoms with Crippen LogP contribution in [0.2, 0.25) is 0 Å². The van der Waals surface area contributed by atoms with Gasteiger partial charge in [-0.05, 0) is 43.0 Å². The van der Waals surface area contributed by atoms with E-state index in [2.05, 4.69) is 15.6 Å². The van der Waals surface area contributed by atoms with E-state index < -0.39 is 11.9 Å². The van der Waals surface area contributed by atoms with Crippen molar-refractivity contribution in [3.8, 4) is 0 Å². The molecular weight excluding hydrogens is 280 g/mol. The molecule has 1 aromatic heterocycles. The second-order valence-corrected chi connectivity index (χ2v) is 5.50. The van der Waals surface area contributed by atoms with Crippen LogP contribution in [-0.2, 0) is 4.79 Å². The van der Waals surface area contributed by atoms with Gasteiger partial charge in [-0.15, -0.1) is 0 Å². The number of amides is 3. The standard InChI is InChI=1S/C16H18N4O2/c17-13(10-2-1-3-10)9-15(21)20-16(22)19-12-4-5-14-11(8-12)6-7-18-14/h4-10,18H,1-3,17H2,(H2,19,20,21,22). The van der Waals surface area contributed by atoms with Gasteiger partial charge in [-0.1, -0.05) is 6.42 Å². The third kappa shape index (κ3) is 3.11. The minimum Gasteiger partial charge on any atom is -0.402 e. The maximum Gasteiger partial charge on any atom is 0.326 e. The number of fused-ring (bicyclic) bond motifs is 1. The summed E-state index contributed by atoms with van der Waals surface area (Å²) in [5.41, 5.74) is 7.97. The summed E-state index contributed by atoms with van der Waals surface area (Å²) in [4.78, 5) is 26.6. The molecule has 1 aliphatic carbocycles. The smallest absolute Gasteiger partial charge is 0.326 e. The predicted molar refractivity (Wildman–Crippen MR) is 85.1 cm³/mol. The largest absolute Gasteiger partial charge is 0.402 e. The minimum atomic E-state index is -0.572. The highest BCUT2D eigenvalue weighted by Crippen LogP contribution is 2.30. The van der Waals surface area contributed by atoms with E-state index in [4.69, 9.17) is 5.73 Å². The van der Waals surface area contributed by atoms with Crippen molar-refractivity contribution in [2.45, 2.75) is 19.3 Å². The lowest BCUT2D eigenvalue weighted by atomic mass is 9.83. The number of hydrogen-bond acceptors (Lipinski definition) is 3. The average Bonchev–Trinajstić information content (AvgIpc) is 2.83. The number of aromatic amines is 1. The monoisotopic (exact) mass is 298 g/mol. The van der Waals surface area contributed by atoms with Crippen LogP contribution in [-0.4, -0.2) is 16.9 Å². The maximum absolute atomic E-state index is 11.8. The molecular formula is C16H18N4O2. The van der Waals surface area contributed by atoms with Crippen LogP contribution in [0.25, 0.3) is 10.9 Å². The van der Waals surface area contributed by atoms with E-state index in [9.17, 15) is 9.59 Å². The molecule has 1 aromatic carbocycles. The zero-order chi connectivity index (χ0) is 15.5. The van der Waals surface area contributed by atoms with Crippen molar-refractivity contribution in [2.24, 2.45) is 11.7 Å². The van der Waals surface area contributed by atoms with Gasteiger partial charge in [-0.25, -0.2) is 4.79 Å². The number of benzene rings is 1. The van der Waals surface area contributed by atoms with Gasteiger partial charge in [0.15, 0.2) is 0 Å². The topological polar surface area (TPSA) is 100 Å². The Morgan fingerprint density at radius 3 is 2.82 bits per heavy atom. The lowest BCUT2D eigenvalue weighted by Gasteiger charge is -2.25. The Labute approximate surface area is 127 Å². The first kappa shape index (κ1) is 14.2. The molecule has 3 amide bonds. The van der Waals surface area contributed by atoms with Crippen LogP contribution < -0.4 is 16.4 Å². The Morgan fingerprint density at radius 1 is 1.27 bits per heavy atom. The maximum atomic E-state index is 11.8. The van der Waals surface area contributed by atoms with Crippen LogP contribution in [0.4, 0.5) is 10.5 Å². The van der Waals surface area contributed by atoms with Crippen LogP contribution >= 0.6 is 0 Å². The number of carbonyl (C=O) groups is 2. The molecule has 0 aliphatic heterocycles.